The van der Waals surface area contributed by atoms with Crippen LogP contribution in [0.5, 0.6) is 0 Å². The van der Waals surface area contributed by atoms with Crippen molar-refractivity contribution >= 4 is 44.8 Å². The molecule has 0 saturated carbocycles. The minimum absolute atomic E-state index is 0.0336. The summed E-state index contributed by atoms with van der Waals surface area (Å²) in [6.45, 7) is 4.91. The van der Waals surface area contributed by atoms with Crippen LogP contribution in [0.2, 0.25) is 5.02 Å². The number of ether oxygens (including phenoxy) is 1. The van der Waals surface area contributed by atoms with Gasteiger partial charge in [0.15, 0.2) is 0 Å². The summed E-state index contributed by atoms with van der Waals surface area (Å²) in [6.07, 6.45) is 1.66. The Morgan fingerprint density at radius 2 is 2.06 bits per heavy atom. The van der Waals surface area contributed by atoms with Crippen LogP contribution in [-0.2, 0) is 39.1 Å². The number of benzene rings is 1. The van der Waals surface area contributed by atoms with Crippen LogP contribution in [0.25, 0.3) is 0 Å². The maximum absolute atomic E-state index is 13.1. The summed E-state index contributed by atoms with van der Waals surface area (Å²) < 4.78 is 33.6. The standard InChI is InChI=1S/C22H27ClN2O5S2/c1-14(2)7-8-19(26)25-10-9-17-18(13-25)31-22(20(17)21(27)30-3)32(28,29)24-12-15-5-4-6-16(23)11-15/h4-6,11,14,24H,7-10,12-13H2,1-3H3. The van der Waals surface area contributed by atoms with Gasteiger partial charge in [0, 0.05) is 29.4 Å². The highest BCUT2D eigenvalue weighted by molar-refractivity contribution is 7.91. The number of thiophene rings is 1. The zero-order valence-electron chi connectivity index (χ0n) is 18.3. The molecule has 2 heterocycles. The van der Waals surface area contributed by atoms with Crippen LogP contribution in [0.15, 0.2) is 28.5 Å². The summed E-state index contributed by atoms with van der Waals surface area (Å²) in [7, 11) is -2.76. The maximum Gasteiger partial charge on any atom is 0.340 e. The van der Waals surface area contributed by atoms with Gasteiger partial charge in [-0.1, -0.05) is 37.6 Å². The molecule has 2 aromatic rings. The molecule has 1 N–H and O–H groups in total. The summed E-state index contributed by atoms with van der Waals surface area (Å²) in [5.41, 5.74) is 1.42. The predicted octanol–water partition coefficient (Wildman–Crippen LogP) is 3.99. The van der Waals surface area contributed by atoms with E-state index in [1.807, 2.05) is 0 Å². The van der Waals surface area contributed by atoms with Crippen LogP contribution in [0.1, 0.15) is 53.1 Å². The Bertz CT molecular complexity index is 1110. The molecule has 1 aromatic carbocycles. The summed E-state index contributed by atoms with van der Waals surface area (Å²) in [6, 6.07) is 6.87. The number of methoxy groups -OCH3 is 1. The van der Waals surface area contributed by atoms with Crippen molar-refractivity contribution < 1.29 is 22.7 Å². The van der Waals surface area contributed by atoms with Gasteiger partial charge in [-0.25, -0.2) is 17.9 Å². The van der Waals surface area contributed by atoms with Crippen molar-refractivity contribution in [3.63, 3.8) is 0 Å². The molecule has 10 heteroatoms. The number of sulfonamides is 1. The minimum Gasteiger partial charge on any atom is -0.465 e. The van der Waals surface area contributed by atoms with Gasteiger partial charge < -0.3 is 9.64 Å². The van der Waals surface area contributed by atoms with Crippen LogP contribution in [-0.4, -0.2) is 38.8 Å². The number of amides is 1. The van der Waals surface area contributed by atoms with E-state index in [2.05, 4.69) is 18.6 Å². The average molecular weight is 499 g/mol. The van der Waals surface area contributed by atoms with Gasteiger partial charge in [-0.3, -0.25) is 4.79 Å². The molecule has 174 valence electrons. The second-order valence-corrected chi connectivity index (χ2v) is 11.6. The monoisotopic (exact) mass is 498 g/mol. The molecule has 0 aliphatic carbocycles. The third-order valence-electron chi connectivity index (χ3n) is 5.30. The Labute approximate surface area is 197 Å². The first-order chi connectivity index (χ1) is 15.1. The van der Waals surface area contributed by atoms with E-state index in [4.69, 9.17) is 16.3 Å². The van der Waals surface area contributed by atoms with Crippen molar-refractivity contribution in [3.05, 3.63) is 50.9 Å². The van der Waals surface area contributed by atoms with Crippen LogP contribution >= 0.6 is 22.9 Å². The van der Waals surface area contributed by atoms with E-state index in [1.165, 1.54) is 7.11 Å². The molecule has 0 unspecified atom stereocenters. The van der Waals surface area contributed by atoms with Crippen LogP contribution < -0.4 is 4.72 Å². The lowest BCUT2D eigenvalue weighted by molar-refractivity contribution is -0.132. The highest BCUT2D eigenvalue weighted by atomic mass is 35.5. The number of carbonyl (C=O) groups excluding carboxylic acids is 2. The van der Waals surface area contributed by atoms with E-state index in [1.54, 1.807) is 29.2 Å². The van der Waals surface area contributed by atoms with E-state index < -0.39 is 16.0 Å². The first-order valence-electron chi connectivity index (χ1n) is 10.4. The lowest BCUT2D eigenvalue weighted by Crippen LogP contribution is -2.35. The van der Waals surface area contributed by atoms with Crippen molar-refractivity contribution in [2.24, 2.45) is 5.92 Å². The third-order valence-corrected chi connectivity index (χ3v) is 8.67. The van der Waals surface area contributed by atoms with Gasteiger partial charge in [0.1, 0.15) is 4.21 Å². The van der Waals surface area contributed by atoms with Gasteiger partial charge >= 0.3 is 5.97 Å². The molecule has 0 radical (unpaired) electrons. The highest BCUT2D eigenvalue weighted by Gasteiger charge is 2.34. The fraction of sp³-hybridized carbons (Fsp3) is 0.455. The molecule has 32 heavy (non-hydrogen) atoms. The number of nitrogens with one attached hydrogen (secondary N) is 1. The van der Waals surface area contributed by atoms with E-state index in [0.717, 1.165) is 17.8 Å². The first kappa shape index (κ1) is 24.7. The van der Waals surface area contributed by atoms with Crippen LogP contribution in [0.3, 0.4) is 0 Å². The van der Waals surface area contributed by atoms with Crippen molar-refractivity contribution in [3.8, 4) is 0 Å². The Morgan fingerprint density at radius 3 is 2.72 bits per heavy atom. The lowest BCUT2D eigenvalue weighted by Gasteiger charge is -2.27. The Kier molecular flexibility index (Phi) is 7.97. The summed E-state index contributed by atoms with van der Waals surface area (Å²) >= 11 is 7.00. The van der Waals surface area contributed by atoms with Crippen LogP contribution in [0, 0.1) is 5.92 Å². The van der Waals surface area contributed by atoms with Gasteiger partial charge in [0.25, 0.3) is 10.0 Å². The number of halogens is 1. The lowest BCUT2D eigenvalue weighted by atomic mass is 10.0. The van der Waals surface area contributed by atoms with Gasteiger partial charge in [0.2, 0.25) is 5.91 Å². The normalized spacial score (nSPS) is 13.8. The van der Waals surface area contributed by atoms with E-state index in [-0.39, 0.29) is 22.2 Å². The number of hydrogen-bond acceptors (Lipinski definition) is 6. The highest BCUT2D eigenvalue weighted by Crippen LogP contribution is 2.37. The molecule has 0 bridgehead atoms. The molecule has 7 nitrogen and oxygen atoms in total. The average Bonchev–Trinajstić information content (AvgIpc) is 3.15. The minimum atomic E-state index is -3.99. The Hall–Kier alpha value is -1.94. The summed E-state index contributed by atoms with van der Waals surface area (Å²) in [4.78, 5) is 27.5. The van der Waals surface area contributed by atoms with Crippen molar-refractivity contribution in [2.75, 3.05) is 13.7 Å². The fourth-order valence-corrected chi connectivity index (χ4v) is 6.72. The van der Waals surface area contributed by atoms with Gasteiger partial charge in [-0.2, -0.15) is 0 Å². The molecule has 1 aliphatic rings. The zero-order chi connectivity index (χ0) is 23.5. The third kappa shape index (κ3) is 5.70. The van der Waals surface area contributed by atoms with Gasteiger partial charge in [-0.05, 0) is 42.0 Å². The number of fused-ring (bicyclic) bond motifs is 1. The van der Waals surface area contributed by atoms with Crippen molar-refractivity contribution in [1.29, 1.82) is 0 Å². The van der Waals surface area contributed by atoms with Crippen molar-refractivity contribution in [2.45, 2.75) is 50.4 Å². The Balaban J connectivity index is 1.87. The number of rotatable bonds is 8. The molecule has 1 aliphatic heterocycles. The smallest absolute Gasteiger partial charge is 0.340 e. The maximum atomic E-state index is 13.1. The van der Waals surface area contributed by atoms with E-state index in [0.29, 0.717) is 52.9 Å². The molecule has 0 saturated heterocycles. The molecule has 0 spiro atoms. The first-order valence-corrected chi connectivity index (χ1v) is 13.0. The quantitative estimate of drug-likeness (QED) is 0.555. The van der Waals surface area contributed by atoms with Gasteiger partial charge in [0.05, 0.1) is 19.2 Å². The molecule has 1 amide bonds. The molecule has 0 fully saturated rings. The van der Waals surface area contributed by atoms with Crippen molar-refractivity contribution in [1.82, 2.24) is 9.62 Å². The predicted molar refractivity (Wildman–Crippen MR) is 124 cm³/mol. The molecule has 3 rings (SSSR count). The second kappa shape index (κ2) is 10.3. The fourth-order valence-electron chi connectivity index (χ4n) is 3.55. The SMILES string of the molecule is COC(=O)c1c(S(=O)(=O)NCc2cccc(Cl)c2)sc2c1CCN(C(=O)CCC(C)C)C2. The molecular weight excluding hydrogens is 472 g/mol. The topological polar surface area (TPSA) is 92.8 Å². The molecule has 0 atom stereocenters. The molecular formula is C22H27ClN2O5S2. The number of esters is 1. The molecule has 1 aromatic heterocycles. The zero-order valence-corrected chi connectivity index (χ0v) is 20.7. The van der Waals surface area contributed by atoms with E-state index >= 15 is 0 Å². The second-order valence-electron chi connectivity index (χ2n) is 8.11. The summed E-state index contributed by atoms with van der Waals surface area (Å²) in [5, 5.41) is 0.505. The Morgan fingerprint density at radius 1 is 1.31 bits per heavy atom. The van der Waals surface area contributed by atoms with E-state index in [9.17, 15) is 18.0 Å². The van der Waals surface area contributed by atoms with Gasteiger partial charge in [-0.15, -0.1) is 11.3 Å². The summed E-state index contributed by atoms with van der Waals surface area (Å²) in [5.74, 6) is -0.222. The number of carbonyl (C=O) groups is 2. The largest absolute Gasteiger partial charge is 0.465 e. The number of hydrogen-bond donors (Lipinski definition) is 1. The number of nitrogens with zero attached hydrogens (tertiary/aromatic N) is 1. The van der Waals surface area contributed by atoms with Crippen LogP contribution in [0.4, 0.5) is 0 Å².